The first-order valence-electron chi connectivity index (χ1n) is 2.56. The van der Waals surface area contributed by atoms with Crippen molar-refractivity contribution in [3.05, 3.63) is 26.0 Å². The molecule has 50 valence electrons. The fourth-order valence-electron chi connectivity index (χ4n) is 0.252. The van der Waals surface area contributed by atoms with Gasteiger partial charge in [-0.15, -0.1) is 0 Å². The lowest BCUT2D eigenvalue weighted by Crippen LogP contribution is -2.11. The van der Waals surface area contributed by atoms with E-state index < -0.39 is 12.1 Å². The van der Waals surface area contributed by atoms with Gasteiger partial charge in [0, 0.05) is 5.57 Å². The second kappa shape index (κ2) is 3.28. The van der Waals surface area contributed by atoms with E-state index in [1.807, 2.05) is 0 Å². The molecule has 0 atom stereocenters. The van der Waals surface area contributed by atoms with Crippen LogP contribution >= 0.6 is 0 Å². The van der Waals surface area contributed by atoms with Crippen LogP contribution in [0, 0.1) is 13.8 Å². The van der Waals surface area contributed by atoms with Crippen molar-refractivity contribution in [2.45, 2.75) is 13.0 Å². The Hall–Kier alpha value is -0.790. The van der Waals surface area contributed by atoms with Crippen LogP contribution in [0.15, 0.2) is 12.2 Å². The summed E-state index contributed by atoms with van der Waals surface area (Å²) < 4.78 is 4.55. The third-order valence-corrected chi connectivity index (χ3v) is 0.622. The summed E-state index contributed by atoms with van der Waals surface area (Å²) in [7, 11) is 0. The van der Waals surface area contributed by atoms with Gasteiger partial charge in [0.25, 0.3) is 0 Å². The van der Waals surface area contributed by atoms with Crippen LogP contribution in [-0.2, 0) is 9.53 Å². The van der Waals surface area contributed by atoms with E-state index in [1.165, 1.54) is 0 Å². The van der Waals surface area contributed by atoms with Crippen LogP contribution in [0.1, 0.15) is 6.92 Å². The Bertz CT molecular complexity index is 125. The third kappa shape index (κ3) is 3.76. The normalized spacial score (nSPS) is 9.33. The van der Waals surface area contributed by atoms with Gasteiger partial charge in [-0.05, 0) is 20.8 Å². The standard InChI is InChI=1S/C7H10O2/c1-5(2)7(8)9-6(3)4/h6H,1,3-4H2,2H3. The molecule has 0 aliphatic rings. The number of esters is 1. The van der Waals surface area contributed by atoms with Crippen LogP contribution in [-0.4, -0.2) is 12.1 Å². The van der Waals surface area contributed by atoms with Crippen molar-refractivity contribution < 1.29 is 9.53 Å². The van der Waals surface area contributed by atoms with Crippen molar-refractivity contribution in [2.75, 3.05) is 0 Å². The zero-order valence-electron chi connectivity index (χ0n) is 5.52. The molecule has 0 heterocycles. The highest BCUT2D eigenvalue weighted by Crippen LogP contribution is 1.95. The van der Waals surface area contributed by atoms with Crippen molar-refractivity contribution in [1.29, 1.82) is 0 Å². The molecule has 9 heavy (non-hydrogen) atoms. The molecule has 2 radical (unpaired) electrons. The molecule has 0 spiro atoms. The highest BCUT2D eigenvalue weighted by Gasteiger charge is 2.03. The smallest absolute Gasteiger partial charge is 0.333 e. The Morgan fingerprint density at radius 1 is 1.56 bits per heavy atom. The first kappa shape index (κ1) is 8.21. The topological polar surface area (TPSA) is 26.3 Å². The number of ether oxygens (including phenoxy) is 1. The SMILES string of the molecule is [CH2]C([CH2])OC(=O)C(=C)C. The molecular formula is C7H10O2. The summed E-state index contributed by atoms with van der Waals surface area (Å²) in [6, 6.07) is 0. The second-order valence-electron chi connectivity index (χ2n) is 1.81. The predicted octanol–water partition coefficient (Wildman–Crippen LogP) is 1.14. The van der Waals surface area contributed by atoms with Crippen LogP contribution in [0.2, 0.25) is 0 Å². The monoisotopic (exact) mass is 126 g/mol. The number of carbonyl (C=O) groups is 1. The van der Waals surface area contributed by atoms with Crippen LogP contribution in [0.5, 0.6) is 0 Å². The molecule has 0 saturated carbocycles. The van der Waals surface area contributed by atoms with Crippen LogP contribution < -0.4 is 0 Å². The molecule has 0 bridgehead atoms. The zero-order chi connectivity index (χ0) is 7.44. The molecule has 2 heteroatoms. The summed E-state index contributed by atoms with van der Waals surface area (Å²) in [6.45, 7) is 11.7. The van der Waals surface area contributed by atoms with Gasteiger partial charge in [-0.1, -0.05) is 6.58 Å². The molecule has 2 nitrogen and oxygen atoms in total. The van der Waals surface area contributed by atoms with Gasteiger partial charge in [0.05, 0.1) is 0 Å². The van der Waals surface area contributed by atoms with Crippen molar-refractivity contribution >= 4 is 5.97 Å². The molecular weight excluding hydrogens is 116 g/mol. The van der Waals surface area contributed by atoms with Gasteiger partial charge in [-0.25, -0.2) is 4.79 Å². The molecule has 0 aromatic carbocycles. The van der Waals surface area contributed by atoms with Gasteiger partial charge in [-0.3, -0.25) is 0 Å². The van der Waals surface area contributed by atoms with Gasteiger partial charge in [-0.2, -0.15) is 0 Å². The Morgan fingerprint density at radius 2 is 2.00 bits per heavy atom. The maximum Gasteiger partial charge on any atom is 0.333 e. The van der Waals surface area contributed by atoms with Gasteiger partial charge in [0.15, 0.2) is 0 Å². The van der Waals surface area contributed by atoms with E-state index in [2.05, 4.69) is 25.2 Å². The van der Waals surface area contributed by atoms with Gasteiger partial charge < -0.3 is 4.74 Å². The third-order valence-electron chi connectivity index (χ3n) is 0.622. The molecule has 0 amide bonds. The van der Waals surface area contributed by atoms with Gasteiger partial charge >= 0.3 is 5.97 Å². The number of hydrogen-bond donors (Lipinski definition) is 0. The lowest BCUT2D eigenvalue weighted by Gasteiger charge is -2.05. The average molecular weight is 126 g/mol. The van der Waals surface area contributed by atoms with Gasteiger partial charge in [0.1, 0.15) is 6.10 Å². The summed E-state index contributed by atoms with van der Waals surface area (Å²) in [5, 5.41) is 0. The Kier molecular flexibility index (Phi) is 2.99. The fourth-order valence-corrected chi connectivity index (χ4v) is 0.252. The van der Waals surface area contributed by atoms with Crippen LogP contribution in [0.3, 0.4) is 0 Å². The highest BCUT2D eigenvalue weighted by atomic mass is 16.5. The minimum atomic E-state index is -0.547. The number of rotatable bonds is 2. The van der Waals surface area contributed by atoms with E-state index in [0.29, 0.717) is 5.57 Å². The molecule has 0 aromatic rings. The summed E-state index contributed by atoms with van der Waals surface area (Å²) >= 11 is 0. The molecule has 0 aromatic heterocycles. The minimum absolute atomic E-state index is 0.368. The molecule has 0 saturated heterocycles. The summed E-state index contributed by atoms with van der Waals surface area (Å²) in [5.41, 5.74) is 0.368. The van der Waals surface area contributed by atoms with Crippen LogP contribution in [0.4, 0.5) is 0 Å². The van der Waals surface area contributed by atoms with Crippen molar-refractivity contribution in [3.8, 4) is 0 Å². The summed E-state index contributed by atoms with van der Waals surface area (Å²) in [4.78, 5) is 10.6. The fraction of sp³-hybridized carbons (Fsp3) is 0.286. The largest absolute Gasteiger partial charge is 0.459 e. The Labute approximate surface area is 55.5 Å². The molecule has 0 unspecified atom stereocenters. The first-order valence-corrected chi connectivity index (χ1v) is 2.56. The zero-order valence-corrected chi connectivity index (χ0v) is 5.52. The number of hydrogen-bond acceptors (Lipinski definition) is 2. The van der Waals surface area contributed by atoms with Gasteiger partial charge in [0.2, 0.25) is 0 Å². The maximum absolute atomic E-state index is 10.6. The quantitative estimate of drug-likeness (QED) is 0.409. The molecule has 0 fully saturated rings. The van der Waals surface area contributed by atoms with Crippen molar-refractivity contribution in [1.82, 2.24) is 0 Å². The highest BCUT2D eigenvalue weighted by molar-refractivity contribution is 5.87. The molecule has 0 N–H and O–H groups in total. The molecule has 0 rings (SSSR count). The number of carbonyl (C=O) groups excluding carboxylic acids is 1. The Morgan fingerprint density at radius 3 is 2.11 bits per heavy atom. The van der Waals surface area contributed by atoms with Crippen LogP contribution in [0.25, 0.3) is 0 Å². The second-order valence-corrected chi connectivity index (χ2v) is 1.81. The lowest BCUT2D eigenvalue weighted by molar-refractivity contribution is -0.140. The van der Waals surface area contributed by atoms with Crippen molar-refractivity contribution in [2.24, 2.45) is 0 Å². The average Bonchev–Trinajstić information content (AvgIpc) is 1.63. The lowest BCUT2D eigenvalue weighted by atomic mass is 10.3. The van der Waals surface area contributed by atoms with E-state index in [-0.39, 0.29) is 0 Å². The van der Waals surface area contributed by atoms with E-state index in [0.717, 1.165) is 0 Å². The first-order chi connectivity index (χ1) is 4.04. The summed E-state index contributed by atoms with van der Waals surface area (Å²) in [5.74, 6) is -0.440. The molecule has 0 aliphatic carbocycles. The van der Waals surface area contributed by atoms with E-state index in [4.69, 9.17) is 0 Å². The van der Waals surface area contributed by atoms with E-state index in [9.17, 15) is 4.79 Å². The van der Waals surface area contributed by atoms with E-state index in [1.54, 1.807) is 6.92 Å². The maximum atomic E-state index is 10.6. The minimum Gasteiger partial charge on any atom is -0.459 e. The summed E-state index contributed by atoms with van der Waals surface area (Å²) in [6.07, 6.45) is -0.547. The molecule has 0 aliphatic heterocycles. The Balaban J connectivity index is 3.65. The van der Waals surface area contributed by atoms with Crippen molar-refractivity contribution in [3.63, 3.8) is 0 Å². The predicted molar refractivity (Wildman–Crippen MR) is 35.4 cm³/mol. The van der Waals surface area contributed by atoms with E-state index >= 15 is 0 Å².